The van der Waals surface area contributed by atoms with E-state index >= 15 is 0 Å². The molecule has 2 heterocycles. The molecule has 1 spiro atoms. The van der Waals surface area contributed by atoms with Gasteiger partial charge >= 0.3 is 0 Å². The molecule has 1 aliphatic carbocycles. The van der Waals surface area contributed by atoms with Crippen LogP contribution in [0.25, 0.3) is 0 Å². The van der Waals surface area contributed by atoms with E-state index in [2.05, 4.69) is 4.90 Å². The highest BCUT2D eigenvalue weighted by molar-refractivity contribution is 5.78. The molecule has 0 radical (unpaired) electrons. The van der Waals surface area contributed by atoms with Crippen molar-refractivity contribution in [3.8, 4) is 0 Å². The standard InChI is InChI=1S/C20H27FN2O2/c21-17-4-1-3-16(11-17)12-19(24)23-8-2-7-22(9-10-23)14-18-13-20(5-6-20)15-25-18/h1,3-4,11,18H,2,5-10,12-15H2. The summed E-state index contributed by atoms with van der Waals surface area (Å²) in [6.07, 6.45) is 5.54. The van der Waals surface area contributed by atoms with Crippen molar-refractivity contribution in [1.82, 2.24) is 9.80 Å². The minimum atomic E-state index is -0.280. The number of carbonyl (C=O) groups is 1. The molecule has 1 atom stereocenters. The zero-order chi connectivity index (χ0) is 17.3. The molecule has 4 nitrogen and oxygen atoms in total. The van der Waals surface area contributed by atoms with E-state index in [-0.39, 0.29) is 18.1 Å². The molecule has 25 heavy (non-hydrogen) atoms. The first-order chi connectivity index (χ1) is 12.1. The van der Waals surface area contributed by atoms with Crippen molar-refractivity contribution < 1.29 is 13.9 Å². The Hall–Kier alpha value is -1.46. The lowest BCUT2D eigenvalue weighted by Crippen LogP contribution is -2.38. The Morgan fingerprint density at radius 3 is 2.88 bits per heavy atom. The quantitative estimate of drug-likeness (QED) is 0.840. The van der Waals surface area contributed by atoms with Crippen LogP contribution in [0.4, 0.5) is 4.39 Å². The van der Waals surface area contributed by atoms with E-state index in [1.54, 1.807) is 6.07 Å². The normalized spacial score (nSPS) is 26.0. The zero-order valence-electron chi connectivity index (χ0n) is 14.8. The first-order valence-corrected chi connectivity index (χ1v) is 9.48. The highest BCUT2D eigenvalue weighted by Crippen LogP contribution is 2.53. The van der Waals surface area contributed by atoms with E-state index in [1.807, 2.05) is 11.0 Å². The van der Waals surface area contributed by atoms with Gasteiger partial charge in [-0.2, -0.15) is 0 Å². The second kappa shape index (κ2) is 7.04. The summed E-state index contributed by atoms with van der Waals surface area (Å²) in [7, 11) is 0. The lowest BCUT2D eigenvalue weighted by atomic mass is 10.0. The van der Waals surface area contributed by atoms with Gasteiger partial charge in [0.05, 0.1) is 19.1 Å². The van der Waals surface area contributed by atoms with Gasteiger partial charge in [-0.05, 0) is 55.3 Å². The molecular formula is C20H27FN2O2. The molecular weight excluding hydrogens is 319 g/mol. The van der Waals surface area contributed by atoms with Gasteiger partial charge in [-0.15, -0.1) is 0 Å². The Kier molecular flexibility index (Phi) is 4.78. The first kappa shape index (κ1) is 17.0. The van der Waals surface area contributed by atoms with E-state index < -0.39 is 0 Å². The third-order valence-corrected chi connectivity index (χ3v) is 5.89. The van der Waals surface area contributed by atoms with Crippen LogP contribution >= 0.6 is 0 Å². The van der Waals surface area contributed by atoms with E-state index in [0.717, 1.165) is 51.3 Å². The van der Waals surface area contributed by atoms with Crippen LogP contribution in [0.15, 0.2) is 24.3 Å². The van der Waals surface area contributed by atoms with E-state index in [9.17, 15) is 9.18 Å². The van der Waals surface area contributed by atoms with E-state index in [1.165, 1.54) is 31.4 Å². The van der Waals surface area contributed by atoms with Crippen molar-refractivity contribution in [1.29, 1.82) is 0 Å². The molecule has 5 heteroatoms. The summed E-state index contributed by atoms with van der Waals surface area (Å²) in [5, 5.41) is 0. The number of rotatable bonds is 4. The topological polar surface area (TPSA) is 32.8 Å². The summed E-state index contributed by atoms with van der Waals surface area (Å²) in [5.74, 6) is -0.182. The van der Waals surface area contributed by atoms with Gasteiger partial charge in [0, 0.05) is 26.2 Å². The van der Waals surface area contributed by atoms with Gasteiger partial charge in [0.1, 0.15) is 5.82 Å². The number of hydrogen-bond acceptors (Lipinski definition) is 3. The summed E-state index contributed by atoms with van der Waals surface area (Å²) >= 11 is 0. The van der Waals surface area contributed by atoms with Crippen LogP contribution in [-0.4, -0.2) is 61.1 Å². The SMILES string of the molecule is O=C(Cc1cccc(F)c1)N1CCCN(CC2CC3(CC3)CO2)CC1. The Morgan fingerprint density at radius 1 is 1.24 bits per heavy atom. The van der Waals surface area contributed by atoms with Crippen LogP contribution in [0.5, 0.6) is 0 Å². The van der Waals surface area contributed by atoms with Gasteiger partial charge in [-0.1, -0.05) is 12.1 Å². The predicted octanol–water partition coefficient (Wildman–Crippen LogP) is 2.47. The van der Waals surface area contributed by atoms with Crippen LogP contribution in [0, 0.1) is 11.2 Å². The van der Waals surface area contributed by atoms with Crippen LogP contribution in [-0.2, 0) is 16.0 Å². The highest BCUT2D eigenvalue weighted by Gasteiger charge is 2.49. The predicted molar refractivity (Wildman–Crippen MR) is 93.8 cm³/mol. The average Bonchev–Trinajstić information content (AvgIpc) is 3.27. The second-order valence-corrected chi connectivity index (χ2v) is 7.98. The lowest BCUT2D eigenvalue weighted by Gasteiger charge is -2.24. The molecule has 0 aromatic heterocycles. The molecule has 0 N–H and O–H groups in total. The van der Waals surface area contributed by atoms with Crippen molar-refractivity contribution in [2.45, 2.75) is 38.2 Å². The maximum Gasteiger partial charge on any atom is 0.227 e. The van der Waals surface area contributed by atoms with Gasteiger partial charge in [0.25, 0.3) is 0 Å². The van der Waals surface area contributed by atoms with Crippen LogP contribution < -0.4 is 0 Å². The third-order valence-electron chi connectivity index (χ3n) is 5.89. The zero-order valence-corrected chi connectivity index (χ0v) is 14.8. The number of nitrogens with zero attached hydrogens (tertiary/aromatic N) is 2. The Balaban J connectivity index is 1.26. The molecule has 2 aliphatic heterocycles. The first-order valence-electron chi connectivity index (χ1n) is 9.48. The Labute approximate surface area is 148 Å². The lowest BCUT2D eigenvalue weighted by molar-refractivity contribution is -0.130. The maximum absolute atomic E-state index is 13.3. The second-order valence-electron chi connectivity index (χ2n) is 7.98. The largest absolute Gasteiger partial charge is 0.376 e. The molecule has 1 aromatic carbocycles. The third kappa shape index (κ3) is 4.21. The highest BCUT2D eigenvalue weighted by atomic mass is 19.1. The summed E-state index contributed by atoms with van der Waals surface area (Å²) in [5.41, 5.74) is 1.28. The number of benzene rings is 1. The molecule has 0 bridgehead atoms. The van der Waals surface area contributed by atoms with Crippen molar-refractivity contribution in [2.75, 3.05) is 39.3 Å². The molecule has 4 rings (SSSR count). The van der Waals surface area contributed by atoms with Crippen molar-refractivity contribution in [3.63, 3.8) is 0 Å². The van der Waals surface area contributed by atoms with Crippen LogP contribution in [0.1, 0.15) is 31.2 Å². The van der Waals surface area contributed by atoms with Crippen LogP contribution in [0.3, 0.4) is 0 Å². The monoisotopic (exact) mass is 346 g/mol. The number of hydrogen-bond donors (Lipinski definition) is 0. The van der Waals surface area contributed by atoms with E-state index in [0.29, 0.717) is 11.5 Å². The van der Waals surface area contributed by atoms with Gasteiger partial charge in [-0.3, -0.25) is 9.69 Å². The summed E-state index contributed by atoms with van der Waals surface area (Å²) in [6.45, 7) is 5.42. The number of ether oxygens (including phenoxy) is 1. The fourth-order valence-electron chi connectivity index (χ4n) is 4.16. The summed E-state index contributed by atoms with van der Waals surface area (Å²) < 4.78 is 19.3. The van der Waals surface area contributed by atoms with Crippen molar-refractivity contribution >= 4 is 5.91 Å². The molecule has 3 fully saturated rings. The van der Waals surface area contributed by atoms with Crippen molar-refractivity contribution in [3.05, 3.63) is 35.6 Å². The molecule has 1 unspecified atom stereocenters. The van der Waals surface area contributed by atoms with Gasteiger partial charge < -0.3 is 9.64 Å². The van der Waals surface area contributed by atoms with Gasteiger partial charge in [0.15, 0.2) is 0 Å². The van der Waals surface area contributed by atoms with Gasteiger partial charge in [-0.25, -0.2) is 4.39 Å². The minimum Gasteiger partial charge on any atom is -0.376 e. The maximum atomic E-state index is 13.3. The molecule has 136 valence electrons. The number of amides is 1. The number of carbonyl (C=O) groups excluding carboxylic acids is 1. The van der Waals surface area contributed by atoms with E-state index in [4.69, 9.17) is 4.74 Å². The number of halogens is 1. The Bertz CT molecular complexity index is 632. The average molecular weight is 346 g/mol. The molecule has 1 saturated carbocycles. The minimum absolute atomic E-state index is 0.0986. The molecule has 3 aliphatic rings. The summed E-state index contributed by atoms with van der Waals surface area (Å²) in [4.78, 5) is 16.9. The van der Waals surface area contributed by atoms with Crippen LogP contribution in [0.2, 0.25) is 0 Å². The smallest absolute Gasteiger partial charge is 0.227 e. The fourth-order valence-corrected chi connectivity index (χ4v) is 4.16. The van der Waals surface area contributed by atoms with Gasteiger partial charge in [0.2, 0.25) is 5.91 Å². The Morgan fingerprint density at radius 2 is 2.12 bits per heavy atom. The summed E-state index contributed by atoms with van der Waals surface area (Å²) in [6, 6.07) is 6.34. The molecule has 1 aromatic rings. The van der Waals surface area contributed by atoms with Crippen molar-refractivity contribution in [2.24, 2.45) is 5.41 Å². The molecule has 2 saturated heterocycles. The molecule has 1 amide bonds. The fraction of sp³-hybridized carbons (Fsp3) is 0.650.